The van der Waals surface area contributed by atoms with Crippen molar-refractivity contribution in [2.24, 2.45) is 0 Å². The zero-order chi connectivity index (χ0) is 18.5. The van der Waals surface area contributed by atoms with Gasteiger partial charge >= 0.3 is 6.03 Å². The molecular formula is C19H16F3N3O. The normalized spacial score (nSPS) is 10.6. The molecule has 3 rings (SSSR count). The van der Waals surface area contributed by atoms with E-state index in [0.717, 1.165) is 23.4 Å². The molecule has 1 heterocycles. The van der Waals surface area contributed by atoms with Crippen molar-refractivity contribution in [3.63, 3.8) is 0 Å². The van der Waals surface area contributed by atoms with Crippen molar-refractivity contribution in [3.8, 4) is 0 Å². The molecule has 7 heteroatoms. The van der Waals surface area contributed by atoms with E-state index < -0.39 is 17.7 Å². The predicted octanol–water partition coefficient (Wildman–Crippen LogP) is 4.28. The molecule has 0 radical (unpaired) electrons. The monoisotopic (exact) mass is 359 g/mol. The number of nitrogens with zero attached hydrogens (tertiary/aromatic N) is 1. The van der Waals surface area contributed by atoms with E-state index in [2.05, 4.69) is 10.6 Å². The molecule has 3 aromatic rings. The second kappa shape index (κ2) is 7.77. The molecule has 0 aliphatic carbocycles. The summed E-state index contributed by atoms with van der Waals surface area (Å²) in [6.07, 6.45) is 1.85. The molecule has 4 nitrogen and oxygen atoms in total. The van der Waals surface area contributed by atoms with Crippen LogP contribution in [0.3, 0.4) is 0 Å². The fraction of sp³-hybridized carbons (Fsp3) is 0.105. The van der Waals surface area contributed by atoms with Gasteiger partial charge in [-0.25, -0.2) is 18.0 Å². The minimum atomic E-state index is -0.847. The van der Waals surface area contributed by atoms with E-state index >= 15 is 0 Å². The van der Waals surface area contributed by atoms with Crippen molar-refractivity contribution >= 4 is 11.7 Å². The standard InChI is InChI=1S/C19H16F3N3O/c20-14-5-3-13(4-6-14)12-25-9-1-2-16(25)11-23-19(26)24-18-8-7-15(21)10-17(18)22/h1-10H,11-12H2,(H2,23,24,26). The summed E-state index contributed by atoms with van der Waals surface area (Å²) in [6.45, 7) is 0.737. The van der Waals surface area contributed by atoms with Crippen LogP contribution in [0.1, 0.15) is 11.3 Å². The molecule has 0 saturated heterocycles. The molecule has 0 atom stereocenters. The number of halogens is 3. The third kappa shape index (κ3) is 4.44. The Morgan fingerprint density at radius 3 is 2.42 bits per heavy atom. The first-order valence-corrected chi connectivity index (χ1v) is 7.89. The van der Waals surface area contributed by atoms with E-state index in [0.29, 0.717) is 12.6 Å². The van der Waals surface area contributed by atoms with Crippen molar-refractivity contribution in [2.45, 2.75) is 13.1 Å². The minimum Gasteiger partial charge on any atom is -0.345 e. The molecule has 2 amide bonds. The Hall–Kier alpha value is -3.22. The second-order valence-electron chi connectivity index (χ2n) is 5.69. The van der Waals surface area contributed by atoms with Crippen LogP contribution in [-0.2, 0) is 13.1 Å². The highest BCUT2D eigenvalue weighted by molar-refractivity contribution is 5.89. The van der Waals surface area contributed by atoms with Crippen LogP contribution < -0.4 is 10.6 Å². The largest absolute Gasteiger partial charge is 0.345 e. The summed E-state index contributed by atoms with van der Waals surface area (Å²) in [5.74, 6) is -1.86. The van der Waals surface area contributed by atoms with Crippen LogP contribution >= 0.6 is 0 Å². The van der Waals surface area contributed by atoms with Crippen LogP contribution in [0.25, 0.3) is 0 Å². The highest BCUT2D eigenvalue weighted by Gasteiger charge is 2.09. The van der Waals surface area contributed by atoms with Gasteiger partial charge in [0, 0.05) is 24.5 Å². The van der Waals surface area contributed by atoms with E-state index in [4.69, 9.17) is 0 Å². The van der Waals surface area contributed by atoms with Gasteiger partial charge in [-0.2, -0.15) is 0 Å². The summed E-state index contributed by atoms with van der Waals surface area (Å²) >= 11 is 0. The van der Waals surface area contributed by atoms with Crippen LogP contribution in [0, 0.1) is 17.5 Å². The fourth-order valence-electron chi connectivity index (χ4n) is 2.48. The third-order valence-electron chi connectivity index (χ3n) is 3.80. The average molecular weight is 359 g/mol. The number of nitrogens with one attached hydrogen (secondary N) is 2. The van der Waals surface area contributed by atoms with Gasteiger partial charge in [-0.3, -0.25) is 0 Å². The molecule has 0 unspecified atom stereocenters. The lowest BCUT2D eigenvalue weighted by molar-refractivity contribution is 0.251. The highest BCUT2D eigenvalue weighted by Crippen LogP contribution is 2.15. The van der Waals surface area contributed by atoms with E-state index in [1.807, 2.05) is 22.9 Å². The molecule has 0 spiro atoms. The summed E-state index contributed by atoms with van der Waals surface area (Å²) in [5, 5.41) is 4.95. The number of anilines is 1. The van der Waals surface area contributed by atoms with E-state index in [1.165, 1.54) is 12.1 Å². The lowest BCUT2D eigenvalue weighted by Gasteiger charge is -2.12. The maximum Gasteiger partial charge on any atom is 0.319 e. The molecule has 0 aliphatic heterocycles. The Morgan fingerprint density at radius 1 is 0.962 bits per heavy atom. The smallest absolute Gasteiger partial charge is 0.319 e. The number of carbonyl (C=O) groups excluding carboxylic acids is 1. The summed E-state index contributed by atoms with van der Waals surface area (Å²) in [4.78, 5) is 11.9. The van der Waals surface area contributed by atoms with Gasteiger partial charge in [-0.15, -0.1) is 0 Å². The lowest BCUT2D eigenvalue weighted by Crippen LogP contribution is -2.29. The molecule has 0 aliphatic rings. The fourth-order valence-corrected chi connectivity index (χ4v) is 2.48. The first kappa shape index (κ1) is 17.6. The van der Waals surface area contributed by atoms with Crippen molar-refractivity contribution in [2.75, 3.05) is 5.32 Å². The van der Waals surface area contributed by atoms with Gasteiger partial charge in [0.2, 0.25) is 0 Å². The molecule has 2 aromatic carbocycles. The van der Waals surface area contributed by atoms with Gasteiger partial charge < -0.3 is 15.2 Å². The van der Waals surface area contributed by atoms with E-state index in [-0.39, 0.29) is 18.0 Å². The highest BCUT2D eigenvalue weighted by atomic mass is 19.1. The first-order chi connectivity index (χ1) is 12.5. The molecule has 26 heavy (non-hydrogen) atoms. The van der Waals surface area contributed by atoms with E-state index in [9.17, 15) is 18.0 Å². The number of urea groups is 1. The Bertz CT molecular complexity index is 907. The quantitative estimate of drug-likeness (QED) is 0.702. The van der Waals surface area contributed by atoms with Gasteiger partial charge in [0.15, 0.2) is 0 Å². The van der Waals surface area contributed by atoms with Gasteiger partial charge in [-0.05, 0) is 42.0 Å². The number of carbonyl (C=O) groups is 1. The molecule has 1 aromatic heterocycles. The predicted molar refractivity (Wildman–Crippen MR) is 92.2 cm³/mol. The van der Waals surface area contributed by atoms with Crippen LogP contribution in [0.15, 0.2) is 60.8 Å². The molecule has 2 N–H and O–H groups in total. The molecule has 0 bridgehead atoms. The zero-order valence-corrected chi connectivity index (χ0v) is 13.7. The third-order valence-corrected chi connectivity index (χ3v) is 3.80. The number of amides is 2. The van der Waals surface area contributed by atoms with Crippen LogP contribution in [0.2, 0.25) is 0 Å². The summed E-state index contributed by atoms with van der Waals surface area (Å²) in [7, 11) is 0. The van der Waals surface area contributed by atoms with E-state index in [1.54, 1.807) is 12.1 Å². The number of benzene rings is 2. The average Bonchev–Trinajstić information content (AvgIpc) is 3.05. The lowest BCUT2D eigenvalue weighted by atomic mass is 10.2. The van der Waals surface area contributed by atoms with Crippen molar-refractivity contribution in [1.82, 2.24) is 9.88 Å². The second-order valence-corrected chi connectivity index (χ2v) is 5.69. The Morgan fingerprint density at radius 2 is 1.69 bits per heavy atom. The summed E-state index contributed by atoms with van der Waals surface area (Å²) < 4.78 is 41.3. The van der Waals surface area contributed by atoms with Crippen LogP contribution in [0.4, 0.5) is 23.7 Å². The number of hydrogen-bond acceptors (Lipinski definition) is 1. The van der Waals surface area contributed by atoms with Crippen molar-refractivity contribution in [1.29, 1.82) is 0 Å². The minimum absolute atomic E-state index is 0.106. The Kier molecular flexibility index (Phi) is 5.26. The van der Waals surface area contributed by atoms with Crippen molar-refractivity contribution < 1.29 is 18.0 Å². The number of aromatic nitrogens is 1. The molecule has 134 valence electrons. The topological polar surface area (TPSA) is 46.1 Å². The number of hydrogen-bond donors (Lipinski definition) is 2. The molecular weight excluding hydrogens is 343 g/mol. The van der Waals surface area contributed by atoms with Gasteiger partial charge in [0.1, 0.15) is 17.5 Å². The van der Waals surface area contributed by atoms with Gasteiger partial charge in [0.05, 0.1) is 12.2 Å². The molecule has 0 fully saturated rings. The Balaban J connectivity index is 1.59. The summed E-state index contributed by atoms with van der Waals surface area (Å²) in [5.41, 5.74) is 1.64. The number of rotatable bonds is 5. The summed E-state index contributed by atoms with van der Waals surface area (Å²) in [6, 6.07) is 12.1. The van der Waals surface area contributed by atoms with Gasteiger partial charge in [-0.1, -0.05) is 12.1 Å². The van der Waals surface area contributed by atoms with Crippen LogP contribution in [0.5, 0.6) is 0 Å². The SMILES string of the molecule is O=C(NCc1cccn1Cc1ccc(F)cc1)Nc1ccc(F)cc1F. The maximum atomic E-state index is 13.5. The molecule has 0 saturated carbocycles. The maximum absolute atomic E-state index is 13.5. The Labute approximate surface area is 148 Å². The van der Waals surface area contributed by atoms with Crippen LogP contribution in [-0.4, -0.2) is 10.6 Å². The zero-order valence-electron chi connectivity index (χ0n) is 13.7. The van der Waals surface area contributed by atoms with Crippen molar-refractivity contribution in [3.05, 3.63) is 89.5 Å². The van der Waals surface area contributed by atoms with Gasteiger partial charge in [0.25, 0.3) is 0 Å². The first-order valence-electron chi connectivity index (χ1n) is 7.89.